The van der Waals surface area contributed by atoms with E-state index in [4.69, 9.17) is 14.9 Å². The second-order valence-electron chi connectivity index (χ2n) is 0.806. The van der Waals surface area contributed by atoms with Crippen molar-refractivity contribution in [2.45, 2.75) is 0 Å². The van der Waals surface area contributed by atoms with Gasteiger partial charge in [-0.15, -0.1) is 0 Å². The molecule has 0 heterocycles. The summed E-state index contributed by atoms with van der Waals surface area (Å²) in [5.41, 5.74) is 0. The van der Waals surface area contributed by atoms with Gasteiger partial charge in [-0.2, -0.15) is 0 Å². The lowest BCUT2D eigenvalue weighted by Crippen LogP contribution is -1.81. The first-order chi connectivity index (χ1) is 2.56. The van der Waals surface area contributed by atoms with E-state index in [0.29, 0.717) is 0 Å². The molecule has 0 bridgehead atoms. The molecule has 38 valence electrons. The van der Waals surface area contributed by atoms with E-state index in [9.17, 15) is 4.57 Å². The van der Waals surface area contributed by atoms with Crippen molar-refractivity contribution in [2.24, 2.45) is 0 Å². The molecule has 0 radical (unpaired) electrons. The third-order valence-electron chi connectivity index (χ3n) is 0.184. The summed E-state index contributed by atoms with van der Waals surface area (Å²) >= 11 is 0. The van der Waals surface area contributed by atoms with Crippen LogP contribution in [0.1, 0.15) is 0 Å². The Hall–Kier alpha value is 0.110. The van der Waals surface area contributed by atoms with Crippen LogP contribution >= 0.6 is 7.60 Å². The highest BCUT2D eigenvalue weighted by atomic mass is 31.2. The number of rotatable bonds is 1. The zero-order chi connectivity index (χ0) is 5.21. The molecule has 0 saturated heterocycles. The Morgan fingerprint density at radius 3 is 1.67 bits per heavy atom. The molecule has 6 heavy (non-hydrogen) atoms. The molecule has 0 unspecified atom stereocenters. The standard InChI is InChI=1S/CH5O4P/c2-1-6(3,4)5/h2H,1H2,(H2,3,4,5). The van der Waals surface area contributed by atoms with Crippen LogP contribution in [0, 0.1) is 0 Å². The molecule has 0 aliphatic carbocycles. The molecule has 0 amide bonds. The van der Waals surface area contributed by atoms with E-state index in [2.05, 4.69) is 0 Å². The number of aliphatic hydroxyl groups excluding tert-OH is 1. The van der Waals surface area contributed by atoms with Crippen LogP contribution in [0.4, 0.5) is 0 Å². The molecule has 0 aromatic carbocycles. The second-order valence-corrected chi connectivity index (χ2v) is 2.42. The van der Waals surface area contributed by atoms with Crippen LogP contribution < -0.4 is 0 Å². The van der Waals surface area contributed by atoms with Crippen LogP contribution in [0.15, 0.2) is 0 Å². The van der Waals surface area contributed by atoms with E-state index in [0.717, 1.165) is 0 Å². The molecule has 0 aliphatic rings. The molecule has 0 aromatic rings. The average molecular weight is 112 g/mol. The van der Waals surface area contributed by atoms with Crippen LogP contribution in [0.25, 0.3) is 0 Å². The van der Waals surface area contributed by atoms with Gasteiger partial charge in [-0.05, 0) is 0 Å². The third-order valence-corrected chi connectivity index (χ3v) is 0.553. The minimum Gasteiger partial charge on any atom is -0.384 e. The maximum Gasteiger partial charge on any atom is 0.350 e. The summed E-state index contributed by atoms with van der Waals surface area (Å²) in [4.78, 5) is 15.4. The van der Waals surface area contributed by atoms with Gasteiger partial charge in [0.15, 0.2) is 0 Å². The van der Waals surface area contributed by atoms with Crippen molar-refractivity contribution < 1.29 is 19.5 Å². The van der Waals surface area contributed by atoms with Gasteiger partial charge in [0.25, 0.3) is 0 Å². The largest absolute Gasteiger partial charge is 0.384 e. The molecule has 5 heteroatoms. The van der Waals surface area contributed by atoms with Gasteiger partial charge >= 0.3 is 7.60 Å². The van der Waals surface area contributed by atoms with Crippen molar-refractivity contribution in [3.8, 4) is 0 Å². The minimum absolute atomic E-state index is 1.06. The first-order valence-electron chi connectivity index (χ1n) is 1.22. The first-order valence-corrected chi connectivity index (χ1v) is 3.01. The number of hydrogen-bond donors (Lipinski definition) is 3. The second kappa shape index (κ2) is 1.71. The van der Waals surface area contributed by atoms with Crippen molar-refractivity contribution in [2.75, 3.05) is 6.35 Å². The molecule has 0 fully saturated rings. The molecule has 0 aliphatic heterocycles. The van der Waals surface area contributed by atoms with Crippen LogP contribution in [0.2, 0.25) is 0 Å². The Morgan fingerprint density at radius 1 is 1.50 bits per heavy atom. The van der Waals surface area contributed by atoms with Gasteiger partial charge in [0.05, 0.1) is 0 Å². The molecule has 0 atom stereocenters. The highest BCUT2D eigenvalue weighted by Crippen LogP contribution is 2.31. The predicted molar refractivity (Wildman–Crippen MR) is 19.1 cm³/mol. The van der Waals surface area contributed by atoms with Crippen LogP contribution in [-0.4, -0.2) is 21.2 Å². The van der Waals surface area contributed by atoms with Crippen molar-refractivity contribution in [3.63, 3.8) is 0 Å². The maximum atomic E-state index is 9.44. The normalized spacial score (nSPS) is 11.8. The Bertz CT molecular complexity index is 71.6. The fraction of sp³-hybridized carbons (Fsp3) is 1.00. The fourth-order valence-electron chi connectivity index (χ4n) is 0. The van der Waals surface area contributed by atoms with Gasteiger partial charge in [-0.25, -0.2) is 0 Å². The van der Waals surface area contributed by atoms with Gasteiger partial charge in [-0.3, -0.25) is 4.57 Å². The van der Waals surface area contributed by atoms with E-state index in [-0.39, 0.29) is 0 Å². The average Bonchev–Trinajstić information content (AvgIpc) is 1.35. The van der Waals surface area contributed by atoms with Crippen molar-refractivity contribution in [1.82, 2.24) is 0 Å². The number of hydrogen-bond acceptors (Lipinski definition) is 2. The summed E-state index contributed by atoms with van der Waals surface area (Å²) in [7, 11) is -4.09. The summed E-state index contributed by atoms with van der Waals surface area (Å²) in [6, 6.07) is 0. The Labute approximate surface area is 34.6 Å². The zero-order valence-corrected chi connectivity index (χ0v) is 3.80. The van der Waals surface area contributed by atoms with Crippen LogP contribution in [0.5, 0.6) is 0 Å². The van der Waals surface area contributed by atoms with Crippen molar-refractivity contribution in [1.29, 1.82) is 0 Å². The Kier molecular flexibility index (Phi) is 1.74. The van der Waals surface area contributed by atoms with Gasteiger partial charge in [0.1, 0.15) is 6.35 Å². The molecule has 0 saturated carbocycles. The Balaban J connectivity index is 3.48. The first kappa shape index (κ1) is 6.11. The smallest absolute Gasteiger partial charge is 0.350 e. The van der Waals surface area contributed by atoms with Crippen molar-refractivity contribution in [3.05, 3.63) is 0 Å². The lowest BCUT2D eigenvalue weighted by Gasteiger charge is -1.92. The van der Waals surface area contributed by atoms with Crippen LogP contribution in [0.3, 0.4) is 0 Å². The minimum atomic E-state index is -4.09. The molecule has 3 N–H and O–H groups in total. The zero-order valence-electron chi connectivity index (χ0n) is 2.90. The maximum absolute atomic E-state index is 9.44. The van der Waals surface area contributed by atoms with E-state index in [1.807, 2.05) is 0 Å². The Morgan fingerprint density at radius 2 is 1.67 bits per heavy atom. The van der Waals surface area contributed by atoms with E-state index in [1.54, 1.807) is 0 Å². The van der Waals surface area contributed by atoms with Crippen molar-refractivity contribution >= 4 is 7.60 Å². The quantitative estimate of drug-likeness (QED) is 0.384. The van der Waals surface area contributed by atoms with E-state index < -0.39 is 13.9 Å². The van der Waals surface area contributed by atoms with Gasteiger partial charge < -0.3 is 14.9 Å². The fourth-order valence-corrected chi connectivity index (χ4v) is 0. The van der Waals surface area contributed by atoms with Crippen LogP contribution in [-0.2, 0) is 4.57 Å². The molecule has 4 nitrogen and oxygen atoms in total. The molecular formula is CH5O4P. The molecule has 0 spiro atoms. The summed E-state index contributed by atoms with van der Waals surface area (Å²) < 4.78 is 9.44. The highest BCUT2D eigenvalue weighted by molar-refractivity contribution is 7.51. The molecule has 0 aromatic heterocycles. The topological polar surface area (TPSA) is 77.8 Å². The SMILES string of the molecule is O=P(O)(O)CO. The van der Waals surface area contributed by atoms with Gasteiger partial charge in [0, 0.05) is 0 Å². The molecular weight excluding hydrogens is 107 g/mol. The summed E-state index contributed by atoms with van der Waals surface area (Å²) in [6.07, 6.45) is -1.06. The van der Waals surface area contributed by atoms with Gasteiger partial charge in [-0.1, -0.05) is 0 Å². The lowest BCUT2D eigenvalue weighted by molar-refractivity contribution is 0.287. The summed E-state index contributed by atoms with van der Waals surface area (Å²) in [5.74, 6) is 0. The lowest BCUT2D eigenvalue weighted by atomic mass is 11.7. The summed E-state index contributed by atoms with van der Waals surface area (Å²) in [5, 5.41) is 7.64. The monoisotopic (exact) mass is 112 g/mol. The van der Waals surface area contributed by atoms with E-state index in [1.165, 1.54) is 0 Å². The molecule has 0 rings (SSSR count). The van der Waals surface area contributed by atoms with E-state index >= 15 is 0 Å². The third kappa shape index (κ3) is 4.11. The highest BCUT2D eigenvalue weighted by Gasteiger charge is 2.07. The summed E-state index contributed by atoms with van der Waals surface area (Å²) in [6.45, 7) is 0. The number of aliphatic hydroxyl groups is 1. The van der Waals surface area contributed by atoms with Gasteiger partial charge in [0.2, 0.25) is 0 Å². The predicted octanol–water partition coefficient (Wildman–Crippen LogP) is -0.886.